The number of anilines is 2. The monoisotopic (exact) mass is 401 g/mol. The lowest BCUT2D eigenvalue weighted by Gasteiger charge is -2.22. The van der Waals surface area contributed by atoms with Gasteiger partial charge < -0.3 is 5.32 Å². The van der Waals surface area contributed by atoms with Crippen LogP contribution in [0.5, 0.6) is 0 Å². The maximum absolute atomic E-state index is 3.86. The van der Waals surface area contributed by atoms with Gasteiger partial charge in [0.25, 0.3) is 0 Å². The molecule has 4 aromatic rings. The first-order valence-electron chi connectivity index (χ1n) is 11.1. The maximum atomic E-state index is 3.86. The molecular formula is C30H27N. The third kappa shape index (κ3) is 2.38. The van der Waals surface area contributed by atoms with Crippen LogP contribution in [-0.2, 0) is 10.8 Å². The Balaban J connectivity index is 1.55. The van der Waals surface area contributed by atoms with Crippen molar-refractivity contribution in [2.45, 2.75) is 38.5 Å². The zero-order valence-corrected chi connectivity index (χ0v) is 18.6. The fourth-order valence-corrected chi connectivity index (χ4v) is 5.86. The summed E-state index contributed by atoms with van der Waals surface area (Å²) < 4.78 is 0. The van der Waals surface area contributed by atoms with Crippen LogP contribution in [0.1, 0.15) is 49.9 Å². The summed E-state index contributed by atoms with van der Waals surface area (Å²) in [5.41, 5.74) is 13.4. The topological polar surface area (TPSA) is 12.0 Å². The van der Waals surface area contributed by atoms with Gasteiger partial charge in [-0.1, -0.05) is 100 Å². The molecular weight excluding hydrogens is 374 g/mol. The molecule has 0 saturated carbocycles. The van der Waals surface area contributed by atoms with E-state index in [0.717, 1.165) is 0 Å². The second-order valence-corrected chi connectivity index (χ2v) is 9.92. The Morgan fingerprint density at radius 1 is 0.452 bits per heavy atom. The number of benzene rings is 4. The van der Waals surface area contributed by atoms with E-state index in [-0.39, 0.29) is 10.8 Å². The highest BCUT2D eigenvalue weighted by atomic mass is 14.9. The van der Waals surface area contributed by atoms with Crippen LogP contribution >= 0.6 is 0 Å². The van der Waals surface area contributed by atoms with Crippen molar-refractivity contribution >= 4 is 11.4 Å². The summed E-state index contributed by atoms with van der Waals surface area (Å²) in [5.74, 6) is 0. The predicted octanol–water partition coefficient (Wildman–Crippen LogP) is 8.04. The van der Waals surface area contributed by atoms with Crippen LogP contribution in [0.25, 0.3) is 22.3 Å². The van der Waals surface area contributed by atoms with Crippen molar-refractivity contribution in [3.05, 3.63) is 107 Å². The highest BCUT2D eigenvalue weighted by Crippen LogP contribution is 2.54. The van der Waals surface area contributed by atoms with Gasteiger partial charge in [0.2, 0.25) is 0 Å². The normalized spacial score (nSPS) is 16.3. The number of fused-ring (bicyclic) bond motifs is 6. The molecule has 2 aliphatic rings. The molecule has 31 heavy (non-hydrogen) atoms. The largest absolute Gasteiger partial charge is 0.354 e. The van der Waals surface area contributed by atoms with Gasteiger partial charge in [0.15, 0.2) is 0 Å². The fourth-order valence-electron chi connectivity index (χ4n) is 5.86. The molecule has 6 rings (SSSR count). The SMILES string of the molecule is CC1(C)c2ccccc2-c2c(Nc3cccc4c3-c3ccccc3C4(C)C)cccc21. The van der Waals surface area contributed by atoms with E-state index < -0.39 is 0 Å². The van der Waals surface area contributed by atoms with Gasteiger partial charge in [0.05, 0.1) is 0 Å². The number of rotatable bonds is 2. The molecule has 0 aromatic heterocycles. The third-order valence-corrected chi connectivity index (χ3v) is 7.48. The van der Waals surface area contributed by atoms with Crippen LogP contribution in [-0.4, -0.2) is 0 Å². The van der Waals surface area contributed by atoms with Gasteiger partial charge in [-0.3, -0.25) is 0 Å². The van der Waals surface area contributed by atoms with Crippen molar-refractivity contribution in [3.63, 3.8) is 0 Å². The summed E-state index contributed by atoms with van der Waals surface area (Å²) in [6.45, 7) is 9.34. The van der Waals surface area contributed by atoms with Gasteiger partial charge in [-0.05, 0) is 45.5 Å². The Bertz CT molecular complexity index is 1250. The van der Waals surface area contributed by atoms with E-state index in [1.165, 1.54) is 55.9 Å². The minimum atomic E-state index is 0.0108. The zero-order valence-electron chi connectivity index (χ0n) is 18.6. The van der Waals surface area contributed by atoms with Gasteiger partial charge in [0.1, 0.15) is 0 Å². The molecule has 0 heterocycles. The number of hydrogen-bond acceptors (Lipinski definition) is 1. The molecule has 0 bridgehead atoms. The molecule has 0 aliphatic heterocycles. The molecule has 152 valence electrons. The molecule has 1 heteroatoms. The Labute approximate surface area is 184 Å². The molecule has 0 saturated heterocycles. The fraction of sp³-hybridized carbons (Fsp3) is 0.200. The van der Waals surface area contributed by atoms with E-state index in [9.17, 15) is 0 Å². The second-order valence-electron chi connectivity index (χ2n) is 9.92. The van der Waals surface area contributed by atoms with Gasteiger partial charge in [-0.25, -0.2) is 0 Å². The smallest absolute Gasteiger partial charge is 0.0467 e. The van der Waals surface area contributed by atoms with Crippen molar-refractivity contribution in [2.24, 2.45) is 0 Å². The summed E-state index contributed by atoms with van der Waals surface area (Å²) in [6.07, 6.45) is 0. The highest BCUT2D eigenvalue weighted by molar-refractivity contribution is 5.95. The lowest BCUT2D eigenvalue weighted by molar-refractivity contribution is 0.660. The number of hydrogen-bond donors (Lipinski definition) is 1. The average molecular weight is 402 g/mol. The average Bonchev–Trinajstić information content (AvgIpc) is 3.16. The van der Waals surface area contributed by atoms with E-state index in [0.29, 0.717) is 0 Å². The molecule has 0 fully saturated rings. The van der Waals surface area contributed by atoms with Crippen molar-refractivity contribution in [1.82, 2.24) is 0 Å². The van der Waals surface area contributed by atoms with Gasteiger partial charge in [-0.2, -0.15) is 0 Å². The molecule has 0 unspecified atom stereocenters. The van der Waals surface area contributed by atoms with Crippen LogP contribution < -0.4 is 5.32 Å². The first kappa shape index (κ1) is 18.4. The van der Waals surface area contributed by atoms with Crippen LogP contribution in [0.3, 0.4) is 0 Å². The molecule has 1 nitrogen and oxygen atoms in total. The van der Waals surface area contributed by atoms with Crippen LogP contribution in [0.4, 0.5) is 11.4 Å². The van der Waals surface area contributed by atoms with Crippen LogP contribution in [0.15, 0.2) is 84.9 Å². The molecule has 4 aromatic carbocycles. The zero-order chi connectivity index (χ0) is 21.4. The van der Waals surface area contributed by atoms with Crippen molar-refractivity contribution in [1.29, 1.82) is 0 Å². The molecule has 0 atom stereocenters. The van der Waals surface area contributed by atoms with Crippen LogP contribution in [0.2, 0.25) is 0 Å². The minimum absolute atomic E-state index is 0.0108. The summed E-state index contributed by atoms with van der Waals surface area (Å²) in [7, 11) is 0. The molecule has 0 radical (unpaired) electrons. The highest BCUT2D eigenvalue weighted by Gasteiger charge is 2.38. The Hall–Kier alpha value is -3.32. The summed E-state index contributed by atoms with van der Waals surface area (Å²) in [5, 5.41) is 3.86. The minimum Gasteiger partial charge on any atom is -0.354 e. The van der Waals surface area contributed by atoms with Crippen molar-refractivity contribution < 1.29 is 0 Å². The Morgan fingerprint density at radius 2 is 0.839 bits per heavy atom. The standard InChI is InChI=1S/C30H27N/c1-29(2)21-13-7-5-11-19(21)27-23(29)15-9-17-25(27)31-26-18-10-16-24-28(26)20-12-6-8-14-22(20)30(24,3)4/h5-18,31H,1-4H3. The van der Waals surface area contributed by atoms with Gasteiger partial charge in [0, 0.05) is 33.3 Å². The van der Waals surface area contributed by atoms with E-state index in [1.54, 1.807) is 0 Å². The molecule has 0 amide bonds. The van der Waals surface area contributed by atoms with E-state index in [1.807, 2.05) is 0 Å². The second kappa shape index (κ2) is 6.11. The maximum Gasteiger partial charge on any atom is 0.0467 e. The summed E-state index contributed by atoms with van der Waals surface area (Å²) in [6, 6.07) is 31.1. The lowest BCUT2D eigenvalue weighted by atomic mass is 9.82. The summed E-state index contributed by atoms with van der Waals surface area (Å²) >= 11 is 0. The molecule has 0 spiro atoms. The van der Waals surface area contributed by atoms with Crippen molar-refractivity contribution in [3.8, 4) is 22.3 Å². The Morgan fingerprint density at radius 3 is 1.29 bits per heavy atom. The van der Waals surface area contributed by atoms with E-state index in [2.05, 4.69) is 118 Å². The quantitative estimate of drug-likeness (QED) is 0.358. The molecule has 2 aliphatic carbocycles. The van der Waals surface area contributed by atoms with Crippen LogP contribution in [0, 0.1) is 0 Å². The van der Waals surface area contributed by atoms with Crippen molar-refractivity contribution in [2.75, 3.05) is 5.32 Å². The number of nitrogens with one attached hydrogen (secondary N) is 1. The van der Waals surface area contributed by atoms with E-state index >= 15 is 0 Å². The molecule has 1 N–H and O–H groups in total. The third-order valence-electron chi connectivity index (χ3n) is 7.48. The first-order valence-corrected chi connectivity index (χ1v) is 11.1. The predicted molar refractivity (Wildman–Crippen MR) is 131 cm³/mol. The first-order chi connectivity index (χ1) is 14.9. The van der Waals surface area contributed by atoms with E-state index in [4.69, 9.17) is 0 Å². The Kier molecular flexibility index (Phi) is 3.63. The van der Waals surface area contributed by atoms with Gasteiger partial charge >= 0.3 is 0 Å². The van der Waals surface area contributed by atoms with Gasteiger partial charge in [-0.15, -0.1) is 0 Å². The lowest BCUT2D eigenvalue weighted by Crippen LogP contribution is -2.15. The summed E-state index contributed by atoms with van der Waals surface area (Å²) in [4.78, 5) is 0.